The van der Waals surface area contributed by atoms with Gasteiger partial charge in [0.25, 0.3) is 23.0 Å². The number of fused-ring (bicyclic) bond motifs is 2. The van der Waals surface area contributed by atoms with Gasteiger partial charge in [-0.15, -0.1) is 0 Å². The van der Waals surface area contributed by atoms with Gasteiger partial charge in [0.05, 0.1) is 73.0 Å². The third-order valence-electron chi connectivity index (χ3n) is 10.9. The van der Waals surface area contributed by atoms with Gasteiger partial charge in [0.1, 0.15) is 34.4 Å². The molecule has 6 aromatic rings. The normalized spacial score (nSPS) is 12.9. The van der Waals surface area contributed by atoms with E-state index in [0.29, 0.717) is 47.0 Å². The molecule has 19 heteroatoms. The van der Waals surface area contributed by atoms with E-state index in [9.17, 15) is 37.5 Å². The Balaban J connectivity index is 0.000000189. The average molecular weight is 937 g/mol. The maximum absolute atomic E-state index is 14.2. The Morgan fingerprint density at radius 2 is 1.10 bits per heavy atom. The van der Waals surface area contributed by atoms with Gasteiger partial charge in [0.2, 0.25) is 0 Å². The minimum Gasteiger partial charge on any atom is -0.465 e. The number of nitrogens with zero attached hydrogens (tertiary/aromatic N) is 5. The van der Waals surface area contributed by atoms with E-state index in [1.807, 2.05) is 37.6 Å². The number of hydrogen-bond donors (Lipinski definition) is 3. The summed E-state index contributed by atoms with van der Waals surface area (Å²) < 4.78 is 39.5. The Labute approximate surface area is 389 Å². The molecule has 348 valence electrons. The number of nitrogens with one attached hydrogen (secondary N) is 3. The van der Waals surface area contributed by atoms with E-state index < -0.39 is 34.7 Å². The van der Waals surface area contributed by atoms with Crippen molar-refractivity contribution in [1.29, 1.82) is 0 Å². The number of hydrogen-bond acceptors (Lipinski definition) is 11. The summed E-state index contributed by atoms with van der Waals surface area (Å²) in [6, 6.07) is 24.5. The van der Waals surface area contributed by atoms with Gasteiger partial charge in [-0.2, -0.15) is 10.2 Å². The van der Waals surface area contributed by atoms with Crippen LogP contribution in [0.2, 0.25) is 0 Å². The van der Waals surface area contributed by atoms with E-state index >= 15 is 0 Å². The van der Waals surface area contributed by atoms with Gasteiger partial charge in [0, 0.05) is 13.1 Å². The van der Waals surface area contributed by atoms with Crippen molar-refractivity contribution in [2.75, 3.05) is 37.5 Å². The van der Waals surface area contributed by atoms with Crippen molar-refractivity contribution in [1.82, 2.24) is 30.2 Å². The molecule has 2 atom stereocenters. The van der Waals surface area contributed by atoms with Crippen molar-refractivity contribution in [3.63, 3.8) is 0 Å². The largest absolute Gasteiger partial charge is 0.465 e. The molecule has 0 unspecified atom stereocenters. The van der Waals surface area contributed by atoms with E-state index in [-0.39, 0.29) is 40.7 Å². The summed E-state index contributed by atoms with van der Waals surface area (Å²) in [6.07, 6.45) is 0. The van der Waals surface area contributed by atoms with E-state index in [1.165, 1.54) is 55.5 Å². The molecule has 0 fully saturated rings. The Hall–Kier alpha value is -7.73. The third kappa shape index (κ3) is 11.0. The predicted molar refractivity (Wildman–Crippen MR) is 244 cm³/mol. The van der Waals surface area contributed by atoms with Crippen LogP contribution in [-0.2, 0) is 22.6 Å². The lowest BCUT2D eigenvalue weighted by molar-refractivity contribution is 0.0592. The first-order valence-corrected chi connectivity index (χ1v) is 21.3. The molecule has 0 saturated heterocycles. The molecular weight excluding hydrogens is 890 g/mol. The molecule has 3 N–H and O–H groups in total. The maximum Gasteiger partial charge on any atom is 0.337 e. The van der Waals surface area contributed by atoms with Crippen LogP contribution < -0.4 is 20.9 Å². The summed E-state index contributed by atoms with van der Waals surface area (Å²) in [5, 5.41) is 17.1. The SMILES string of the molecule is COC(=O)c1ccc([C@H](C)NC(=O)c2c(C)nn3c2N(C(=O)c2ccccc2F)CC3)cc1.COC(=O)c1ccc([C@H](C)NC(=O)c2c(C)nn3c2NCC3)cc1.O=C(Cl)c1ccccc1F. The minimum absolute atomic E-state index is 0.0600. The fourth-order valence-electron chi connectivity index (χ4n) is 7.40. The van der Waals surface area contributed by atoms with Crippen molar-refractivity contribution in [3.05, 3.63) is 165 Å². The van der Waals surface area contributed by atoms with Crippen LogP contribution in [0.5, 0.6) is 0 Å². The van der Waals surface area contributed by atoms with Crippen LogP contribution >= 0.6 is 11.6 Å². The summed E-state index contributed by atoms with van der Waals surface area (Å²) in [5.74, 6) is -1.97. The lowest BCUT2D eigenvalue weighted by atomic mass is 10.1. The van der Waals surface area contributed by atoms with Crippen LogP contribution in [0.1, 0.15) is 111 Å². The molecule has 8 rings (SSSR count). The summed E-state index contributed by atoms with van der Waals surface area (Å²) in [5.41, 5.74) is 4.49. The molecular formula is C48H47ClF2N8O8. The predicted octanol–water partition coefficient (Wildman–Crippen LogP) is 7.37. The lowest BCUT2D eigenvalue weighted by Crippen LogP contribution is -2.33. The number of anilines is 2. The molecule has 67 heavy (non-hydrogen) atoms. The van der Waals surface area contributed by atoms with Gasteiger partial charge in [-0.25, -0.2) is 27.7 Å². The molecule has 0 radical (unpaired) electrons. The summed E-state index contributed by atoms with van der Waals surface area (Å²) in [4.78, 5) is 73.7. The summed E-state index contributed by atoms with van der Waals surface area (Å²) >= 11 is 5.03. The molecule has 2 aromatic heterocycles. The second-order valence-corrected chi connectivity index (χ2v) is 15.6. The molecule has 0 aliphatic carbocycles. The minimum atomic E-state index is -0.766. The van der Waals surface area contributed by atoms with Crippen LogP contribution in [0.3, 0.4) is 0 Å². The molecule has 2 aliphatic rings. The Kier molecular flexibility index (Phi) is 15.6. The standard InChI is InChI=1S/C24H23FN4O4.C17H20N4O3.C7H4ClFO/c1-14(16-8-10-17(11-9-16)24(32)33-3)26-21(30)20-15(2)27-29-13-12-28(22(20)29)23(31)18-6-4-5-7-19(18)25;1-10(12-4-6-13(7-5-12)17(23)24-3)19-16(22)14-11(2)20-21-9-8-18-15(14)21;8-7(10)5-3-1-2-4-6(5)9/h4-11,14H,12-13H2,1-3H3,(H,26,30);4-7,10,18H,8-9H2,1-3H3,(H,19,22);1-4H/t14-;10-;/m00./s1. The number of ether oxygens (including phenoxy) is 2. The maximum atomic E-state index is 14.2. The second-order valence-electron chi connectivity index (χ2n) is 15.3. The summed E-state index contributed by atoms with van der Waals surface area (Å²) in [7, 11) is 2.66. The molecule has 3 amide bonds. The van der Waals surface area contributed by atoms with Crippen LogP contribution in [0.15, 0.2) is 97.1 Å². The highest BCUT2D eigenvalue weighted by Crippen LogP contribution is 2.31. The first-order chi connectivity index (χ1) is 32.0. The number of rotatable bonds is 10. The van der Waals surface area contributed by atoms with Crippen LogP contribution in [0, 0.1) is 25.5 Å². The highest BCUT2D eigenvalue weighted by Gasteiger charge is 2.35. The number of aryl methyl sites for hydroxylation is 2. The Bertz CT molecular complexity index is 2830. The number of carbonyl (C=O) groups is 6. The highest BCUT2D eigenvalue weighted by atomic mass is 35.5. The average Bonchev–Trinajstić information content (AvgIpc) is 4.10. The van der Waals surface area contributed by atoms with Gasteiger partial charge in [-0.1, -0.05) is 48.5 Å². The molecule has 16 nitrogen and oxygen atoms in total. The van der Waals surface area contributed by atoms with Gasteiger partial charge in [-0.05, 0) is 99.0 Å². The van der Waals surface area contributed by atoms with E-state index in [1.54, 1.807) is 60.1 Å². The van der Waals surface area contributed by atoms with Crippen molar-refractivity contribution < 1.29 is 47.0 Å². The van der Waals surface area contributed by atoms with Crippen molar-refractivity contribution in [2.24, 2.45) is 0 Å². The summed E-state index contributed by atoms with van der Waals surface area (Å²) in [6.45, 7) is 9.50. The second kappa shape index (κ2) is 21.5. The van der Waals surface area contributed by atoms with Gasteiger partial charge in [-0.3, -0.25) is 24.1 Å². The quantitative estimate of drug-likeness (QED) is 0.0917. The first-order valence-electron chi connectivity index (χ1n) is 20.9. The number of benzene rings is 4. The Morgan fingerprint density at radius 1 is 0.642 bits per heavy atom. The molecule has 4 aromatic carbocycles. The number of halogens is 3. The number of esters is 2. The number of carbonyl (C=O) groups excluding carboxylic acids is 6. The topological polar surface area (TPSA) is 196 Å². The lowest BCUT2D eigenvalue weighted by Gasteiger charge is -2.19. The zero-order valence-electron chi connectivity index (χ0n) is 37.4. The Morgan fingerprint density at radius 3 is 1.58 bits per heavy atom. The van der Waals surface area contributed by atoms with Gasteiger partial charge < -0.3 is 25.4 Å². The molecule has 0 bridgehead atoms. The molecule has 0 saturated carbocycles. The number of amides is 3. The highest BCUT2D eigenvalue weighted by molar-refractivity contribution is 6.67. The molecule has 0 spiro atoms. The number of methoxy groups -OCH3 is 2. The fourth-order valence-corrected chi connectivity index (χ4v) is 7.55. The van der Waals surface area contributed by atoms with Crippen molar-refractivity contribution in [2.45, 2.75) is 52.9 Å². The molecule has 4 heterocycles. The van der Waals surface area contributed by atoms with E-state index in [2.05, 4.69) is 30.9 Å². The van der Waals surface area contributed by atoms with Crippen LogP contribution in [-0.4, -0.2) is 81.8 Å². The van der Waals surface area contributed by atoms with Crippen LogP contribution in [0.25, 0.3) is 0 Å². The van der Waals surface area contributed by atoms with Crippen molar-refractivity contribution in [3.8, 4) is 0 Å². The first kappa shape index (κ1) is 48.7. The number of aromatic nitrogens is 4. The van der Waals surface area contributed by atoms with Crippen LogP contribution in [0.4, 0.5) is 20.4 Å². The zero-order valence-corrected chi connectivity index (χ0v) is 38.1. The van der Waals surface area contributed by atoms with E-state index in [0.717, 1.165) is 30.0 Å². The fraction of sp³-hybridized carbons (Fsp3) is 0.250. The zero-order chi connectivity index (χ0) is 48.5. The third-order valence-corrected chi connectivity index (χ3v) is 11.1. The van der Waals surface area contributed by atoms with E-state index in [4.69, 9.17) is 16.3 Å². The van der Waals surface area contributed by atoms with Gasteiger partial charge in [0.15, 0.2) is 0 Å². The monoisotopic (exact) mass is 936 g/mol. The van der Waals surface area contributed by atoms with Crippen molar-refractivity contribution >= 4 is 58.1 Å². The smallest absolute Gasteiger partial charge is 0.337 e. The molecule has 2 aliphatic heterocycles. The van der Waals surface area contributed by atoms with Gasteiger partial charge >= 0.3 is 11.9 Å².